The molecule has 6 heteroatoms. The first-order valence-corrected chi connectivity index (χ1v) is 12.1. The zero-order valence-electron chi connectivity index (χ0n) is 20.3. The monoisotopic (exact) mass is 477 g/mol. The quantitative estimate of drug-likeness (QED) is 0.180. The predicted molar refractivity (Wildman–Crippen MR) is 145 cm³/mol. The zero-order valence-corrected chi connectivity index (χ0v) is 20.3. The molecule has 6 nitrogen and oxygen atoms in total. The number of carbonyl (C=O) groups is 2. The van der Waals surface area contributed by atoms with E-state index in [9.17, 15) is 9.59 Å². The van der Waals surface area contributed by atoms with Gasteiger partial charge in [-0.05, 0) is 70.4 Å². The highest BCUT2D eigenvalue weighted by molar-refractivity contribution is 6.25. The third-order valence-electron chi connectivity index (χ3n) is 6.53. The number of hydrogen-bond donors (Lipinski definition) is 1. The van der Waals surface area contributed by atoms with E-state index in [0.29, 0.717) is 24.4 Å². The third kappa shape index (κ3) is 4.45. The van der Waals surface area contributed by atoms with E-state index in [1.807, 2.05) is 19.9 Å². The highest BCUT2D eigenvalue weighted by atomic mass is 16.5. The van der Waals surface area contributed by atoms with E-state index in [-0.39, 0.29) is 18.4 Å². The van der Waals surface area contributed by atoms with Crippen molar-refractivity contribution in [2.45, 2.75) is 13.8 Å². The molecular weight excluding hydrogens is 450 g/mol. The predicted octanol–water partition coefficient (Wildman–Crippen LogP) is 5.60. The molecule has 0 saturated heterocycles. The highest BCUT2D eigenvalue weighted by Crippen LogP contribution is 2.35. The van der Waals surface area contributed by atoms with E-state index in [1.165, 1.54) is 26.9 Å². The average molecular weight is 478 g/mol. The van der Waals surface area contributed by atoms with Crippen molar-refractivity contribution in [3.05, 3.63) is 90.0 Å². The number of amides is 2. The molecule has 0 aliphatic rings. The second-order valence-corrected chi connectivity index (χ2v) is 8.59. The van der Waals surface area contributed by atoms with Gasteiger partial charge < -0.3 is 9.64 Å². The number of likely N-dealkylation sites (N-methyl/N-ethyl adjacent to an activating group) is 1. The van der Waals surface area contributed by atoms with Gasteiger partial charge in [0.2, 0.25) is 0 Å². The maximum atomic E-state index is 12.6. The van der Waals surface area contributed by atoms with Crippen LogP contribution in [0, 0.1) is 0 Å². The van der Waals surface area contributed by atoms with Crippen LogP contribution >= 0.6 is 0 Å². The van der Waals surface area contributed by atoms with Crippen molar-refractivity contribution in [3.63, 3.8) is 0 Å². The van der Waals surface area contributed by atoms with E-state index >= 15 is 0 Å². The SMILES string of the molecule is CCN(CC)C(=O)COc1ccc(C(=O)N/N=C/c2ccc3ccc4cccc5ccc2c3c45)cc1. The maximum absolute atomic E-state index is 12.6. The Balaban J connectivity index is 1.28. The maximum Gasteiger partial charge on any atom is 0.271 e. The fraction of sp³-hybridized carbons (Fsp3) is 0.167. The van der Waals surface area contributed by atoms with Crippen molar-refractivity contribution in [3.8, 4) is 5.75 Å². The molecule has 5 aromatic rings. The van der Waals surface area contributed by atoms with Crippen molar-refractivity contribution >= 4 is 50.3 Å². The average Bonchev–Trinajstić information content (AvgIpc) is 2.92. The van der Waals surface area contributed by atoms with Crippen molar-refractivity contribution < 1.29 is 14.3 Å². The lowest BCUT2D eigenvalue weighted by Crippen LogP contribution is -2.34. The van der Waals surface area contributed by atoms with Crippen molar-refractivity contribution in [1.29, 1.82) is 0 Å². The molecule has 0 aromatic heterocycles. The standard InChI is InChI=1S/C30H27N3O3/c1-3-33(4-2)27(34)19-36-25-15-12-23(13-16-25)30(35)32-31-18-24-11-10-22-9-8-20-6-5-7-21-14-17-26(24)29(22)28(20)21/h5-18H,3-4,19H2,1-2H3,(H,32,35)/b31-18+. The highest BCUT2D eigenvalue weighted by Gasteiger charge is 2.12. The molecule has 0 unspecified atom stereocenters. The van der Waals surface area contributed by atoms with E-state index in [4.69, 9.17) is 4.74 Å². The first kappa shape index (κ1) is 23.3. The summed E-state index contributed by atoms with van der Waals surface area (Å²) >= 11 is 0. The lowest BCUT2D eigenvalue weighted by atomic mass is 9.92. The summed E-state index contributed by atoms with van der Waals surface area (Å²) in [6, 6.07) is 25.6. The van der Waals surface area contributed by atoms with E-state index in [1.54, 1.807) is 35.4 Å². The first-order valence-electron chi connectivity index (χ1n) is 12.1. The van der Waals surface area contributed by atoms with Crippen LogP contribution in [0.2, 0.25) is 0 Å². The summed E-state index contributed by atoms with van der Waals surface area (Å²) < 4.78 is 5.56. The fourth-order valence-corrected chi connectivity index (χ4v) is 4.61. The number of carbonyl (C=O) groups excluding carboxylic acids is 2. The molecule has 0 heterocycles. The van der Waals surface area contributed by atoms with E-state index in [2.05, 4.69) is 59.1 Å². The topological polar surface area (TPSA) is 71.0 Å². The Kier molecular flexibility index (Phi) is 6.50. The molecule has 0 aliphatic heterocycles. The molecule has 2 amide bonds. The smallest absolute Gasteiger partial charge is 0.271 e. The summed E-state index contributed by atoms with van der Waals surface area (Å²) in [4.78, 5) is 26.4. The molecule has 0 spiro atoms. The number of hydrazone groups is 1. The van der Waals surface area contributed by atoms with E-state index < -0.39 is 0 Å². The van der Waals surface area contributed by atoms with E-state index in [0.717, 1.165) is 10.9 Å². The summed E-state index contributed by atoms with van der Waals surface area (Å²) in [5, 5.41) is 11.3. The van der Waals surface area contributed by atoms with Gasteiger partial charge in [0.05, 0.1) is 6.21 Å². The van der Waals surface area contributed by atoms with Crippen LogP contribution in [0.3, 0.4) is 0 Å². The van der Waals surface area contributed by atoms with Gasteiger partial charge in [0.15, 0.2) is 6.61 Å². The normalized spacial score (nSPS) is 11.5. The molecule has 0 saturated carbocycles. The van der Waals surface area contributed by atoms with Crippen LogP contribution in [0.25, 0.3) is 32.3 Å². The Labute approximate surface area is 209 Å². The van der Waals surface area contributed by atoms with Gasteiger partial charge in [-0.1, -0.05) is 54.6 Å². The second-order valence-electron chi connectivity index (χ2n) is 8.59. The van der Waals surface area contributed by atoms with Gasteiger partial charge in [-0.15, -0.1) is 0 Å². The Morgan fingerprint density at radius 2 is 1.47 bits per heavy atom. The Morgan fingerprint density at radius 1 is 0.833 bits per heavy atom. The van der Waals surface area contributed by atoms with Gasteiger partial charge in [-0.3, -0.25) is 9.59 Å². The number of benzene rings is 5. The fourth-order valence-electron chi connectivity index (χ4n) is 4.61. The first-order chi connectivity index (χ1) is 17.6. The molecule has 5 aromatic carbocycles. The minimum Gasteiger partial charge on any atom is -0.484 e. The zero-order chi connectivity index (χ0) is 25.1. The Morgan fingerprint density at radius 3 is 2.17 bits per heavy atom. The van der Waals surface area contributed by atoms with Gasteiger partial charge in [0.25, 0.3) is 11.8 Å². The van der Waals surface area contributed by atoms with Gasteiger partial charge in [-0.2, -0.15) is 5.10 Å². The van der Waals surface area contributed by atoms with Gasteiger partial charge in [-0.25, -0.2) is 5.43 Å². The molecule has 1 N–H and O–H groups in total. The van der Waals surface area contributed by atoms with Crippen molar-refractivity contribution in [2.24, 2.45) is 5.10 Å². The molecule has 0 atom stereocenters. The number of nitrogens with one attached hydrogen (secondary N) is 1. The summed E-state index contributed by atoms with van der Waals surface area (Å²) in [6.45, 7) is 5.12. The summed E-state index contributed by atoms with van der Waals surface area (Å²) in [5.41, 5.74) is 3.99. The Bertz CT molecular complexity index is 1550. The molecule has 0 aliphatic carbocycles. The lowest BCUT2D eigenvalue weighted by Gasteiger charge is -2.18. The van der Waals surface area contributed by atoms with Crippen LogP contribution in [-0.4, -0.2) is 42.6 Å². The van der Waals surface area contributed by atoms with Gasteiger partial charge in [0.1, 0.15) is 5.75 Å². The molecule has 180 valence electrons. The largest absolute Gasteiger partial charge is 0.484 e. The van der Waals surface area contributed by atoms with Gasteiger partial charge >= 0.3 is 0 Å². The molecule has 0 bridgehead atoms. The van der Waals surface area contributed by atoms with Crippen molar-refractivity contribution in [2.75, 3.05) is 19.7 Å². The van der Waals surface area contributed by atoms with Crippen LogP contribution in [-0.2, 0) is 4.79 Å². The third-order valence-corrected chi connectivity index (χ3v) is 6.53. The number of hydrogen-bond acceptors (Lipinski definition) is 4. The number of ether oxygens (including phenoxy) is 1. The van der Waals surface area contributed by atoms with Crippen LogP contribution in [0.1, 0.15) is 29.8 Å². The Hall–Kier alpha value is -4.45. The van der Waals surface area contributed by atoms with Crippen LogP contribution in [0.15, 0.2) is 84.0 Å². The minimum absolute atomic E-state index is 0.0309. The second kappa shape index (κ2) is 10.0. The minimum atomic E-state index is -0.324. The van der Waals surface area contributed by atoms with Gasteiger partial charge in [0, 0.05) is 24.2 Å². The molecular formula is C30H27N3O3. The van der Waals surface area contributed by atoms with Crippen LogP contribution < -0.4 is 10.2 Å². The summed E-state index contributed by atoms with van der Waals surface area (Å²) in [7, 11) is 0. The summed E-state index contributed by atoms with van der Waals surface area (Å²) in [6.07, 6.45) is 1.68. The van der Waals surface area contributed by atoms with Crippen molar-refractivity contribution in [1.82, 2.24) is 10.3 Å². The van der Waals surface area contributed by atoms with Crippen LogP contribution in [0.4, 0.5) is 0 Å². The number of rotatable bonds is 8. The summed E-state index contributed by atoms with van der Waals surface area (Å²) in [5.74, 6) is 0.141. The molecule has 36 heavy (non-hydrogen) atoms. The van der Waals surface area contributed by atoms with Crippen LogP contribution in [0.5, 0.6) is 5.75 Å². The molecule has 5 rings (SSSR count). The molecule has 0 fully saturated rings. The number of nitrogens with zero attached hydrogens (tertiary/aromatic N) is 2. The molecule has 0 radical (unpaired) electrons. The lowest BCUT2D eigenvalue weighted by molar-refractivity contribution is -0.132.